The summed E-state index contributed by atoms with van der Waals surface area (Å²) in [6.07, 6.45) is 5.74. The number of aromatic nitrogens is 2. The molecule has 3 nitrogen and oxygen atoms in total. The molecule has 1 aliphatic heterocycles. The highest BCUT2D eigenvalue weighted by atomic mass is 79.9. The van der Waals surface area contributed by atoms with E-state index in [-0.39, 0.29) is 0 Å². The van der Waals surface area contributed by atoms with E-state index in [4.69, 9.17) is 0 Å². The number of halogens is 1. The molecule has 2 aromatic rings. The second-order valence-corrected chi connectivity index (χ2v) is 6.74. The van der Waals surface area contributed by atoms with Gasteiger partial charge in [0.2, 0.25) is 0 Å². The van der Waals surface area contributed by atoms with E-state index in [1.54, 1.807) is 0 Å². The average Bonchev–Trinajstić information content (AvgIpc) is 2.90. The van der Waals surface area contributed by atoms with Gasteiger partial charge < -0.3 is 5.32 Å². The second-order valence-electron chi connectivity index (χ2n) is 5.82. The van der Waals surface area contributed by atoms with Gasteiger partial charge in [-0.1, -0.05) is 28.1 Å². The van der Waals surface area contributed by atoms with E-state index >= 15 is 0 Å². The third-order valence-corrected chi connectivity index (χ3v) is 4.99. The van der Waals surface area contributed by atoms with Crippen molar-refractivity contribution in [3.63, 3.8) is 0 Å². The lowest BCUT2D eigenvalue weighted by Gasteiger charge is -2.05. The predicted molar refractivity (Wildman–Crippen MR) is 82.7 cm³/mol. The Hall–Kier alpha value is -1.13. The number of rotatable bonds is 4. The lowest BCUT2D eigenvalue weighted by atomic mass is 10.1. The smallest absolute Gasteiger partial charge is 0.0537 e. The molecular formula is C16H18BrN3. The first kappa shape index (κ1) is 12.6. The average molecular weight is 332 g/mol. The highest BCUT2D eigenvalue weighted by Gasteiger charge is 2.37. The zero-order valence-corrected chi connectivity index (χ0v) is 12.9. The van der Waals surface area contributed by atoms with Crippen molar-refractivity contribution in [2.75, 3.05) is 0 Å². The largest absolute Gasteiger partial charge is 0.309 e. The van der Waals surface area contributed by atoms with E-state index in [0.29, 0.717) is 12.0 Å². The number of fused-ring (bicyclic) bond motifs is 1. The van der Waals surface area contributed by atoms with Gasteiger partial charge in [0.1, 0.15) is 0 Å². The Bertz CT molecular complexity index is 617. The van der Waals surface area contributed by atoms with Crippen molar-refractivity contribution in [2.24, 2.45) is 0 Å². The molecule has 1 fully saturated rings. The monoisotopic (exact) mass is 331 g/mol. The Labute approximate surface area is 127 Å². The summed E-state index contributed by atoms with van der Waals surface area (Å²) in [5.74, 6) is 0.687. The summed E-state index contributed by atoms with van der Waals surface area (Å²) in [4.78, 5) is 0. The van der Waals surface area contributed by atoms with E-state index in [1.807, 2.05) is 6.20 Å². The molecule has 1 aliphatic carbocycles. The van der Waals surface area contributed by atoms with Crippen molar-refractivity contribution in [1.82, 2.24) is 15.1 Å². The Morgan fingerprint density at radius 3 is 3.00 bits per heavy atom. The van der Waals surface area contributed by atoms with E-state index in [2.05, 4.69) is 55.3 Å². The van der Waals surface area contributed by atoms with Gasteiger partial charge in [-0.2, -0.15) is 5.10 Å². The van der Waals surface area contributed by atoms with Crippen LogP contribution in [0.3, 0.4) is 0 Å². The molecule has 20 heavy (non-hydrogen) atoms. The molecule has 1 aromatic heterocycles. The zero-order chi connectivity index (χ0) is 13.5. The van der Waals surface area contributed by atoms with Crippen LogP contribution in [-0.2, 0) is 19.5 Å². The molecule has 4 rings (SSSR count). The van der Waals surface area contributed by atoms with Gasteiger partial charge in [0.15, 0.2) is 0 Å². The molecule has 1 saturated carbocycles. The van der Waals surface area contributed by atoms with E-state index in [1.165, 1.54) is 36.1 Å². The number of aryl methyl sites for hydroxylation is 1. The summed E-state index contributed by atoms with van der Waals surface area (Å²) in [6.45, 7) is 2.06. The molecule has 0 spiro atoms. The number of nitrogens with one attached hydrogen (secondary N) is 1. The third-order valence-electron chi connectivity index (χ3n) is 4.46. The van der Waals surface area contributed by atoms with Gasteiger partial charge in [-0.3, -0.25) is 4.68 Å². The fraction of sp³-hybridized carbons (Fsp3) is 0.438. The summed E-state index contributed by atoms with van der Waals surface area (Å²) in [7, 11) is 0. The van der Waals surface area contributed by atoms with Gasteiger partial charge in [-0.15, -0.1) is 0 Å². The molecule has 2 aliphatic rings. The molecule has 1 N–H and O–H groups in total. The number of benzene rings is 1. The number of hydrogen-bond acceptors (Lipinski definition) is 2. The summed E-state index contributed by atoms with van der Waals surface area (Å²) in [6, 6.07) is 9.36. The standard InChI is InChI=1S/C16H18BrN3/c17-13-5-3-11(4-6-13)14-8-15(14)18-9-12-10-19-20-7-1-2-16(12)20/h3-6,10,14-15,18H,1-2,7-9H2/t14-,15+/m0/s1. The molecule has 1 aromatic carbocycles. The highest BCUT2D eigenvalue weighted by molar-refractivity contribution is 9.10. The minimum absolute atomic E-state index is 0.633. The predicted octanol–water partition coefficient (Wildman–Crippen LogP) is 3.24. The first-order valence-electron chi connectivity index (χ1n) is 7.33. The lowest BCUT2D eigenvalue weighted by molar-refractivity contribution is 0.656. The van der Waals surface area contributed by atoms with Crippen LogP contribution in [0.2, 0.25) is 0 Å². The number of hydrogen-bond donors (Lipinski definition) is 1. The lowest BCUT2D eigenvalue weighted by Crippen LogP contribution is -2.17. The summed E-state index contributed by atoms with van der Waals surface area (Å²) in [5, 5.41) is 8.14. The van der Waals surface area contributed by atoms with Crippen LogP contribution >= 0.6 is 15.9 Å². The minimum atomic E-state index is 0.633. The molecule has 0 radical (unpaired) electrons. The Morgan fingerprint density at radius 1 is 1.30 bits per heavy atom. The molecular weight excluding hydrogens is 314 g/mol. The summed E-state index contributed by atoms with van der Waals surface area (Å²) in [5.41, 5.74) is 4.29. The van der Waals surface area contributed by atoms with Crippen LogP contribution < -0.4 is 5.32 Å². The van der Waals surface area contributed by atoms with Crippen LogP contribution in [-0.4, -0.2) is 15.8 Å². The normalized spacial score (nSPS) is 23.9. The van der Waals surface area contributed by atoms with Crippen LogP contribution in [0, 0.1) is 0 Å². The van der Waals surface area contributed by atoms with Gasteiger partial charge in [-0.25, -0.2) is 0 Å². The second kappa shape index (κ2) is 5.01. The van der Waals surface area contributed by atoms with E-state index in [0.717, 1.165) is 17.6 Å². The molecule has 4 heteroatoms. The van der Waals surface area contributed by atoms with Crippen molar-refractivity contribution >= 4 is 15.9 Å². The molecule has 104 valence electrons. The number of nitrogens with zero attached hydrogens (tertiary/aromatic N) is 2. The fourth-order valence-corrected chi connectivity index (χ4v) is 3.48. The zero-order valence-electron chi connectivity index (χ0n) is 11.3. The minimum Gasteiger partial charge on any atom is -0.309 e. The Morgan fingerprint density at radius 2 is 2.15 bits per heavy atom. The van der Waals surface area contributed by atoms with Gasteiger partial charge in [0, 0.05) is 40.8 Å². The van der Waals surface area contributed by atoms with Crippen LogP contribution in [0.4, 0.5) is 0 Å². The molecule has 0 bridgehead atoms. The SMILES string of the molecule is Brc1ccc([C@@H]2C[C@H]2NCc2cnn3c2CCC3)cc1. The van der Waals surface area contributed by atoms with Crippen molar-refractivity contribution in [3.05, 3.63) is 51.8 Å². The van der Waals surface area contributed by atoms with Crippen LogP contribution in [0.25, 0.3) is 0 Å². The molecule has 0 amide bonds. The van der Waals surface area contributed by atoms with Crippen LogP contribution in [0.5, 0.6) is 0 Å². The quantitative estimate of drug-likeness (QED) is 0.932. The van der Waals surface area contributed by atoms with Gasteiger partial charge in [0.05, 0.1) is 6.20 Å². The van der Waals surface area contributed by atoms with Crippen LogP contribution in [0.1, 0.15) is 35.6 Å². The Balaban J connectivity index is 1.36. The fourth-order valence-electron chi connectivity index (χ4n) is 3.22. The first-order chi connectivity index (χ1) is 9.81. The first-order valence-corrected chi connectivity index (χ1v) is 8.13. The van der Waals surface area contributed by atoms with Crippen LogP contribution in [0.15, 0.2) is 34.9 Å². The van der Waals surface area contributed by atoms with Gasteiger partial charge >= 0.3 is 0 Å². The van der Waals surface area contributed by atoms with E-state index < -0.39 is 0 Å². The maximum atomic E-state index is 4.45. The van der Waals surface area contributed by atoms with Gasteiger partial charge in [-0.05, 0) is 37.0 Å². The topological polar surface area (TPSA) is 29.9 Å². The molecule has 0 saturated heterocycles. The van der Waals surface area contributed by atoms with Crippen molar-refractivity contribution in [1.29, 1.82) is 0 Å². The van der Waals surface area contributed by atoms with Crippen molar-refractivity contribution in [3.8, 4) is 0 Å². The third kappa shape index (κ3) is 2.31. The maximum Gasteiger partial charge on any atom is 0.0537 e. The molecule has 2 heterocycles. The summed E-state index contributed by atoms with van der Waals surface area (Å²) < 4.78 is 3.32. The van der Waals surface area contributed by atoms with Gasteiger partial charge in [0.25, 0.3) is 0 Å². The molecule has 0 unspecified atom stereocenters. The van der Waals surface area contributed by atoms with Crippen molar-refractivity contribution < 1.29 is 0 Å². The maximum absolute atomic E-state index is 4.45. The Kier molecular flexibility index (Phi) is 3.15. The van der Waals surface area contributed by atoms with E-state index in [9.17, 15) is 0 Å². The highest BCUT2D eigenvalue weighted by Crippen LogP contribution is 2.41. The molecule has 2 atom stereocenters. The van der Waals surface area contributed by atoms with Crippen molar-refractivity contribution in [2.45, 2.75) is 44.3 Å². The summed E-state index contributed by atoms with van der Waals surface area (Å²) >= 11 is 3.49.